The molecule has 1 aliphatic rings. The van der Waals surface area contributed by atoms with Gasteiger partial charge in [-0.25, -0.2) is 0 Å². The Morgan fingerprint density at radius 1 is 1.13 bits per heavy atom. The number of amides is 1. The Hall–Kier alpha value is -3.37. The fraction of sp³-hybridized carbons (Fsp3) is 0.400. The number of piperidine rings is 1. The van der Waals surface area contributed by atoms with Gasteiger partial charge in [-0.1, -0.05) is 12.1 Å². The standard InChI is InChI=1S/C20H21F3N6O2/c21-20(22,23)12-31-16-3-1-14(2-4-16)11-24-19(30)15-7-9-28(10-8-15)18-6-5-17-26-25-13-29(17)27-18/h1-6,13,15H,7-12H2,(H,24,30). The number of hydrogen-bond donors (Lipinski definition) is 1. The van der Waals surface area contributed by atoms with E-state index in [4.69, 9.17) is 0 Å². The first kappa shape index (κ1) is 20.9. The van der Waals surface area contributed by atoms with Gasteiger partial charge in [-0.2, -0.15) is 17.7 Å². The highest BCUT2D eigenvalue weighted by Crippen LogP contribution is 2.23. The summed E-state index contributed by atoms with van der Waals surface area (Å²) in [6, 6.07) is 9.96. The number of anilines is 1. The number of carbonyl (C=O) groups excluding carboxylic acids is 1. The molecule has 164 valence electrons. The van der Waals surface area contributed by atoms with Crippen LogP contribution in [-0.2, 0) is 11.3 Å². The van der Waals surface area contributed by atoms with E-state index in [1.165, 1.54) is 12.1 Å². The van der Waals surface area contributed by atoms with E-state index in [1.807, 2.05) is 12.1 Å². The van der Waals surface area contributed by atoms with Gasteiger partial charge in [0.25, 0.3) is 0 Å². The van der Waals surface area contributed by atoms with Crippen molar-refractivity contribution >= 4 is 17.4 Å². The van der Waals surface area contributed by atoms with Crippen molar-refractivity contribution in [2.24, 2.45) is 5.92 Å². The molecule has 0 atom stereocenters. The molecule has 3 heterocycles. The Labute approximate surface area is 176 Å². The third kappa shape index (κ3) is 5.41. The predicted octanol–water partition coefficient (Wildman–Crippen LogP) is 2.60. The van der Waals surface area contributed by atoms with Crippen LogP contribution in [0.4, 0.5) is 19.0 Å². The molecule has 1 amide bonds. The molecule has 2 aromatic heterocycles. The van der Waals surface area contributed by atoms with Crippen molar-refractivity contribution in [3.8, 4) is 5.75 Å². The first-order valence-corrected chi connectivity index (χ1v) is 9.86. The van der Waals surface area contributed by atoms with E-state index in [0.717, 1.165) is 11.4 Å². The molecular formula is C20H21F3N6O2. The Morgan fingerprint density at radius 3 is 2.58 bits per heavy atom. The molecule has 0 unspecified atom stereocenters. The zero-order chi connectivity index (χ0) is 21.8. The topological polar surface area (TPSA) is 84.6 Å². The molecule has 1 aromatic carbocycles. The lowest BCUT2D eigenvalue weighted by Crippen LogP contribution is -2.40. The number of carbonyl (C=O) groups is 1. The Balaban J connectivity index is 1.23. The molecule has 11 heteroatoms. The highest BCUT2D eigenvalue weighted by atomic mass is 19.4. The fourth-order valence-electron chi connectivity index (χ4n) is 3.46. The Kier molecular flexibility index (Phi) is 5.92. The third-order valence-corrected chi connectivity index (χ3v) is 5.13. The van der Waals surface area contributed by atoms with Crippen molar-refractivity contribution in [3.63, 3.8) is 0 Å². The molecule has 4 rings (SSSR count). The van der Waals surface area contributed by atoms with E-state index in [0.29, 0.717) is 38.1 Å². The van der Waals surface area contributed by atoms with Crippen LogP contribution in [0.2, 0.25) is 0 Å². The lowest BCUT2D eigenvalue weighted by atomic mass is 9.96. The summed E-state index contributed by atoms with van der Waals surface area (Å²) in [5.74, 6) is 0.834. The minimum Gasteiger partial charge on any atom is -0.484 e. The van der Waals surface area contributed by atoms with Crippen LogP contribution in [-0.4, -0.2) is 51.6 Å². The minimum atomic E-state index is -4.37. The SMILES string of the molecule is O=C(NCc1ccc(OCC(F)(F)F)cc1)C1CCN(c2ccc3nncn3n2)CC1. The highest BCUT2D eigenvalue weighted by Gasteiger charge is 2.28. The number of fused-ring (bicyclic) bond motifs is 1. The van der Waals surface area contributed by atoms with Crippen LogP contribution in [0.1, 0.15) is 18.4 Å². The number of nitrogens with one attached hydrogen (secondary N) is 1. The van der Waals surface area contributed by atoms with E-state index in [2.05, 4.69) is 30.2 Å². The predicted molar refractivity (Wildman–Crippen MR) is 106 cm³/mol. The van der Waals surface area contributed by atoms with Gasteiger partial charge in [0.05, 0.1) is 0 Å². The summed E-state index contributed by atoms with van der Waals surface area (Å²) < 4.78 is 42.9. The first-order valence-electron chi connectivity index (χ1n) is 9.86. The second kappa shape index (κ2) is 8.78. The smallest absolute Gasteiger partial charge is 0.422 e. The number of nitrogens with zero attached hydrogens (tertiary/aromatic N) is 5. The van der Waals surface area contributed by atoms with Crippen LogP contribution in [0.25, 0.3) is 5.65 Å². The molecule has 8 nitrogen and oxygen atoms in total. The second-order valence-corrected chi connectivity index (χ2v) is 7.35. The van der Waals surface area contributed by atoms with Crippen LogP contribution in [0.15, 0.2) is 42.7 Å². The first-order chi connectivity index (χ1) is 14.9. The molecule has 0 spiro atoms. The maximum atomic E-state index is 12.5. The largest absolute Gasteiger partial charge is 0.484 e. The van der Waals surface area contributed by atoms with Crippen LogP contribution < -0.4 is 15.0 Å². The summed E-state index contributed by atoms with van der Waals surface area (Å²) in [6.07, 6.45) is -1.41. The minimum absolute atomic E-state index is 0.0285. The lowest BCUT2D eigenvalue weighted by molar-refractivity contribution is -0.153. The number of benzene rings is 1. The molecule has 1 fully saturated rings. The molecule has 31 heavy (non-hydrogen) atoms. The molecule has 0 aliphatic carbocycles. The normalized spacial score (nSPS) is 15.3. The Bertz CT molecular complexity index is 1030. The maximum absolute atomic E-state index is 12.5. The summed E-state index contributed by atoms with van der Waals surface area (Å²) >= 11 is 0. The van der Waals surface area contributed by atoms with Crippen molar-refractivity contribution in [2.45, 2.75) is 25.6 Å². The number of hydrogen-bond acceptors (Lipinski definition) is 6. The molecular weight excluding hydrogens is 413 g/mol. The molecule has 0 bridgehead atoms. The molecule has 1 N–H and O–H groups in total. The summed E-state index contributed by atoms with van der Waals surface area (Å²) in [5.41, 5.74) is 1.47. The van der Waals surface area contributed by atoms with Gasteiger partial charge >= 0.3 is 6.18 Å². The van der Waals surface area contributed by atoms with E-state index >= 15 is 0 Å². The van der Waals surface area contributed by atoms with Gasteiger partial charge in [-0.15, -0.1) is 15.3 Å². The van der Waals surface area contributed by atoms with Crippen molar-refractivity contribution < 1.29 is 22.7 Å². The number of halogens is 3. The highest BCUT2D eigenvalue weighted by molar-refractivity contribution is 5.79. The van der Waals surface area contributed by atoms with E-state index in [-0.39, 0.29) is 17.6 Å². The third-order valence-electron chi connectivity index (χ3n) is 5.13. The zero-order valence-electron chi connectivity index (χ0n) is 16.5. The van der Waals surface area contributed by atoms with Gasteiger partial charge in [0.1, 0.15) is 17.9 Å². The van der Waals surface area contributed by atoms with Crippen LogP contribution in [0.3, 0.4) is 0 Å². The van der Waals surface area contributed by atoms with Crippen molar-refractivity contribution in [3.05, 3.63) is 48.3 Å². The van der Waals surface area contributed by atoms with Gasteiger partial charge in [0.15, 0.2) is 12.3 Å². The van der Waals surface area contributed by atoms with Gasteiger partial charge < -0.3 is 15.0 Å². The molecule has 1 aliphatic heterocycles. The van der Waals surface area contributed by atoms with Gasteiger partial charge in [-0.3, -0.25) is 4.79 Å². The van der Waals surface area contributed by atoms with Crippen molar-refractivity contribution in [1.29, 1.82) is 0 Å². The number of ether oxygens (including phenoxy) is 1. The van der Waals surface area contributed by atoms with Gasteiger partial charge in [0, 0.05) is 25.6 Å². The average molecular weight is 434 g/mol. The Morgan fingerprint density at radius 2 is 1.87 bits per heavy atom. The van der Waals surface area contributed by atoms with E-state index in [1.54, 1.807) is 23.0 Å². The van der Waals surface area contributed by atoms with Crippen LogP contribution in [0.5, 0.6) is 5.75 Å². The van der Waals surface area contributed by atoms with E-state index in [9.17, 15) is 18.0 Å². The molecule has 3 aromatic rings. The quantitative estimate of drug-likeness (QED) is 0.642. The van der Waals surface area contributed by atoms with Crippen LogP contribution >= 0.6 is 0 Å². The lowest BCUT2D eigenvalue weighted by Gasteiger charge is -2.32. The number of rotatable bonds is 6. The second-order valence-electron chi connectivity index (χ2n) is 7.35. The molecule has 0 saturated carbocycles. The zero-order valence-corrected chi connectivity index (χ0v) is 16.5. The molecule has 0 radical (unpaired) electrons. The van der Waals surface area contributed by atoms with Crippen molar-refractivity contribution in [2.75, 3.05) is 24.6 Å². The average Bonchev–Trinajstić information content (AvgIpc) is 3.24. The van der Waals surface area contributed by atoms with Gasteiger partial charge in [-0.05, 0) is 42.7 Å². The van der Waals surface area contributed by atoms with Crippen molar-refractivity contribution in [1.82, 2.24) is 25.1 Å². The fourth-order valence-corrected chi connectivity index (χ4v) is 3.46. The van der Waals surface area contributed by atoms with Gasteiger partial charge in [0.2, 0.25) is 5.91 Å². The summed E-state index contributed by atoms with van der Waals surface area (Å²) in [6.45, 7) is 0.405. The van der Waals surface area contributed by atoms with E-state index < -0.39 is 12.8 Å². The monoisotopic (exact) mass is 434 g/mol. The molecule has 1 saturated heterocycles. The maximum Gasteiger partial charge on any atom is 0.422 e. The summed E-state index contributed by atoms with van der Waals surface area (Å²) in [4.78, 5) is 14.6. The van der Waals surface area contributed by atoms with Crippen LogP contribution in [0, 0.1) is 5.92 Å². The number of alkyl halides is 3. The number of aromatic nitrogens is 4. The summed E-state index contributed by atoms with van der Waals surface area (Å²) in [5, 5.41) is 15.1. The summed E-state index contributed by atoms with van der Waals surface area (Å²) in [7, 11) is 0.